The van der Waals surface area contributed by atoms with Crippen LogP contribution in [0.3, 0.4) is 0 Å². The number of methoxy groups -OCH3 is 1. The van der Waals surface area contributed by atoms with Crippen molar-refractivity contribution in [1.82, 2.24) is 0 Å². The Labute approximate surface area is 154 Å². The predicted molar refractivity (Wildman–Crippen MR) is 96.7 cm³/mol. The molecule has 0 aliphatic carbocycles. The second-order valence-corrected chi connectivity index (χ2v) is 5.91. The Morgan fingerprint density at radius 2 is 1.93 bits per heavy atom. The van der Waals surface area contributed by atoms with E-state index in [1.165, 1.54) is 32.2 Å². The Kier molecular flexibility index (Phi) is 4.64. The molecule has 0 saturated heterocycles. The first-order chi connectivity index (χ1) is 12.9. The fourth-order valence-corrected chi connectivity index (χ4v) is 3.17. The van der Waals surface area contributed by atoms with Crippen LogP contribution < -0.4 is 9.64 Å². The van der Waals surface area contributed by atoms with Gasteiger partial charge in [-0.15, -0.1) is 0 Å². The third kappa shape index (κ3) is 3.01. The van der Waals surface area contributed by atoms with E-state index < -0.39 is 28.4 Å². The number of hydrogen-bond acceptors (Lipinski definition) is 6. The van der Waals surface area contributed by atoms with Gasteiger partial charge in [0.25, 0.3) is 11.6 Å². The number of benzene rings is 2. The van der Waals surface area contributed by atoms with Gasteiger partial charge >= 0.3 is 0 Å². The fraction of sp³-hybridized carbons (Fsp3) is 0.158. The molecule has 0 aromatic heterocycles. The molecule has 1 N–H and O–H groups in total. The summed E-state index contributed by atoms with van der Waals surface area (Å²) >= 11 is 0. The van der Waals surface area contributed by atoms with Crippen molar-refractivity contribution in [2.45, 2.75) is 13.0 Å². The van der Waals surface area contributed by atoms with Crippen molar-refractivity contribution in [3.8, 4) is 5.75 Å². The quantitative estimate of drug-likeness (QED) is 0.641. The van der Waals surface area contributed by atoms with E-state index in [1.807, 2.05) is 0 Å². The molecular weight excluding hydrogens is 352 g/mol. The maximum absolute atomic E-state index is 12.7. The van der Waals surface area contributed by atoms with Crippen LogP contribution in [0.2, 0.25) is 0 Å². The molecule has 138 valence electrons. The Hall–Kier alpha value is -3.68. The molecule has 8 heteroatoms. The van der Waals surface area contributed by atoms with Crippen LogP contribution in [-0.2, 0) is 9.59 Å². The molecule has 0 spiro atoms. The standard InChI is InChI=1S/C19H16N2O6/c1-11(22)16-17(14-8-3-4-9-15(14)21(25)26)20(19(24)18(16)23)12-6-5-7-13(10-12)27-2/h3-10,17,23H,1-2H3/t17-/m1/s1. The minimum atomic E-state index is -1.12. The molecule has 2 aromatic rings. The van der Waals surface area contributed by atoms with Crippen LogP contribution in [0.4, 0.5) is 11.4 Å². The number of Topliss-reactive ketones (excluding diaryl/α,β-unsaturated/α-hetero) is 1. The van der Waals surface area contributed by atoms with E-state index in [4.69, 9.17) is 4.74 Å². The molecule has 1 atom stereocenters. The van der Waals surface area contributed by atoms with Crippen LogP contribution in [0.1, 0.15) is 18.5 Å². The summed E-state index contributed by atoms with van der Waals surface area (Å²) in [6.07, 6.45) is 0. The number of amides is 1. The van der Waals surface area contributed by atoms with Crippen LogP contribution in [-0.4, -0.2) is 28.8 Å². The van der Waals surface area contributed by atoms with Crippen molar-refractivity contribution >= 4 is 23.1 Å². The molecule has 1 aliphatic rings. The number of nitro benzene ring substituents is 1. The maximum atomic E-state index is 12.7. The van der Waals surface area contributed by atoms with Gasteiger partial charge in [-0.05, 0) is 25.1 Å². The van der Waals surface area contributed by atoms with Crippen LogP contribution in [0, 0.1) is 10.1 Å². The number of rotatable bonds is 5. The van der Waals surface area contributed by atoms with Crippen LogP contribution >= 0.6 is 0 Å². The van der Waals surface area contributed by atoms with Crippen LogP contribution in [0.15, 0.2) is 59.9 Å². The van der Waals surface area contributed by atoms with Crippen LogP contribution in [0.25, 0.3) is 0 Å². The van der Waals surface area contributed by atoms with Crippen molar-refractivity contribution in [3.05, 3.63) is 75.5 Å². The number of hydrogen-bond donors (Lipinski definition) is 1. The number of carbonyl (C=O) groups is 2. The molecular formula is C19H16N2O6. The van der Waals surface area contributed by atoms with E-state index in [0.29, 0.717) is 11.4 Å². The number of nitrogens with zero attached hydrogens (tertiary/aromatic N) is 2. The molecule has 0 bridgehead atoms. The van der Waals surface area contributed by atoms with Gasteiger partial charge in [0.2, 0.25) is 0 Å². The second-order valence-electron chi connectivity index (χ2n) is 5.91. The lowest BCUT2D eigenvalue weighted by Crippen LogP contribution is -2.31. The summed E-state index contributed by atoms with van der Waals surface area (Å²) in [5.41, 5.74) is 0.0342. The van der Waals surface area contributed by atoms with Crippen molar-refractivity contribution in [3.63, 3.8) is 0 Å². The summed E-state index contributed by atoms with van der Waals surface area (Å²) in [7, 11) is 1.46. The molecule has 27 heavy (non-hydrogen) atoms. The average Bonchev–Trinajstić information content (AvgIpc) is 2.93. The molecule has 0 radical (unpaired) electrons. The Morgan fingerprint density at radius 3 is 2.56 bits per heavy atom. The van der Waals surface area contributed by atoms with Gasteiger partial charge < -0.3 is 9.84 Å². The van der Waals surface area contributed by atoms with Gasteiger partial charge in [0.1, 0.15) is 11.8 Å². The summed E-state index contributed by atoms with van der Waals surface area (Å²) in [5, 5.41) is 21.8. The van der Waals surface area contributed by atoms with E-state index in [0.717, 1.165) is 4.90 Å². The molecule has 1 heterocycles. The highest BCUT2D eigenvalue weighted by molar-refractivity contribution is 6.16. The lowest BCUT2D eigenvalue weighted by Gasteiger charge is -2.26. The molecule has 0 fully saturated rings. The predicted octanol–water partition coefficient (Wildman–Crippen LogP) is 3.09. The summed E-state index contributed by atoms with van der Waals surface area (Å²) in [4.78, 5) is 37.0. The lowest BCUT2D eigenvalue weighted by atomic mass is 9.95. The number of ketones is 1. The highest BCUT2D eigenvalue weighted by atomic mass is 16.6. The number of nitro groups is 1. The summed E-state index contributed by atoms with van der Waals surface area (Å²) in [5.74, 6) is -1.61. The lowest BCUT2D eigenvalue weighted by molar-refractivity contribution is -0.385. The Balaban J connectivity index is 2.26. The van der Waals surface area contributed by atoms with E-state index >= 15 is 0 Å². The monoisotopic (exact) mass is 368 g/mol. The van der Waals surface area contributed by atoms with Crippen LogP contribution in [0.5, 0.6) is 5.75 Å². The van der Waals surface area contributed by atoms with Gasteiger partial charge in [-0.1, -0.05) is 18.2 Å². The Bertz CT molecular complexity index is 982. The van der Waals surface area contributed by atoms with E-state index in [1.54, 1.807) is 30.3 Å². The van der Waals surface area contributed by atoms with Crippen molar-refractivity contribution in [2.24, 2.45) is 0 Å². The number of para-hydroxylation sites is 1. The first kappa shape index (κ1) is 18.1. The number of anilines is 1. The third-order valence-corrected chi connectivity index (χ3v) is 4.35. The smallest absolute Gasteiger partial charge is 0.294 e. The molecule has 8 nitrogen and oxygen atoms in total. The van der Waals surface area contributed by atoms with Gasteiger partial charge in [-0.2, -0.15) is 0 Å². The van der Waals surface area contributed by atoms with E-state index in [2.05, 4.69) is 0 Å². The van der Waals surface area contributed by atoms with Gasteiger partial charge in [0.05, 0.1) is 23.2 Å². The largest absolute Gasteiger partial charge is 0.503 e. The summed E-state index contributed by atoms with van der Waals surface area (Å²) in [6, 6.07) is 11.2. The number of ether oxygens (including phenoxy) is 1. The van der Waals surface area contributed by atoms with Gasteiger partial charge in [-0.3, -0.25) is 24.6 Å². The van der Waals surface area contributed by atoms with Gasteiger partial charge in [0.15, 0.2) is 11.5 Å². The number of carbonyl (C=O) groups excluding carboxylic acids is 2. The Morgan fingerprint density at radius 1 is 1.22 bits per heavy atom. The molecule has 2 aromatic carbocycles. The molecule has 1 amide bonds. The van der Waals surface area contributed by atoms with Gasteiger partial charge in [-0.25, -0.2) is 0 Å². The zero-order valence-electron chi connectivity index (χ0n) is 14.6. The minimum absolute atomic E-state index is 0.132. The molecule has 3 rings (SSSR count). The van der Waals surface area contributed by atoms with E-state index in [-0.39, 0.29) is 16.8 Å². The molecule has 0 saturated carbocycles. The topological polar surface area (TPSA) is 110 Å². The zero-order valence-corrected chi connectivity index (χ0v) is 14.6. The summed E-state index contributed by atoms with van der Waals surface area (Å²) in [6.45, 7) is 1.20. The zero-order chi connectivity index (χ0) is 19.7. The van der Waals surface area contributed by atoms with E-state index in [9.17, 15) is 24.8 Å². The average molecular weight is 368 g/mol. The van der Waals surface area contributed by atoms with Crippen molar-refractivity contribution in [1.29, 1.82) is 0 Å². The normalized spacial score (nSPS) is 16.6. The summed E-state index contributed by atoms with van der Waals surface area (Å²) < 4.78 is 5.16. The van der Waals surface area contributed by atoms with Crippen molar-refractivity contribution in [2.75, 3.05) is 12.0 Å². The SMILES string of the molecule is COc1cccc(N2C(=O)C(O)=C(C(C)=O)[C@H]2c2ccccc2[N+](=O)[O-])c1. The highest BCUT2D eigenvalue weighted by Crippen LogP contribution is 2.44. The molecule has 0 unspecified atom stereocenters. The first-order valence-corrected chi connectivity index (χ1v) is 8.01. The first-order valence-electron chi connectivity index (χ1n) is 8.01. The molecule has 1 aliphatic heterocycles. The maximum Gasteiger partial charge on any atom is 0.294 e. The van der Waals surface area contributed by atoms with Gasteiger partial charge in [0, 0.05) is 17.8 Å². The highest BCUT2D eigenvalue weighted by Gasteiger charge is 2.45. The second kappa shape index (κ2) is 6.91. The number of aliphatic hydroxyl groups excluding tert-OH is 1. The van der Waals surface area contributed by atoms with Crippen molar-refractivity contribution < 1.29 is 24.4 Å². The number of aliphatic hydroxyl groups is 1. The fourth-order valence-electron chi connectivity index (χ4n) is 3.17. The minimum Gasteiger partial charge on any atom is -0.503 e. The third-order valence-electron chi connectivity index (χ3n) is 4.35.